The summed E-state index contributed by atoms with van der Waals surface area (Å²) < 4.78 is 0. The number of nitrogens with zero attached hydrogens (tertiary/aromatic N) is 2. The van der Waals surface area contributed by atoms with Gasteiger partial charge >= 0.3 is 5.97 Å². The molecule has 112 valence electrons. The number of carboxylic acids is 1. The molecule has 0 spiro atoms. The minimum atomic E-state index is -1.01. The number of H-pyrrole nitrogens is 1. The van der Waals surface area contributed by atoms with Crippen LogP contribution in [0.1, 0.15) is 16.1 Å². The molecule has 0 atom stereocenters. The number of carboxylic acid groups (broad SMARTS) is 1. The zero-order valence-corrected chi connectivity index (χ0v) is 12.6. The zero-order valence-electron chi connectivity index (χ0n) is 11.8. The summed E-state index contributed by atoms with van der Waals surface area (Å²) in [5, 5.41) is 19.7. The van der Waals surface area contributed by atoms with Gasteiger partial charge in [0.05, 0.1) is 5.69 Å². The Bertz CT molecular complexity index is 738. The lowest BCUT2D eigenvalue weighted by molar-refractivity contribution is 0.0690. The van der Waals surface area contributed by atoms with Crippen LogP contribution in [-0.2, 0) is 6.42 Å². The second-order valence-electron chi connectivity index (χ2n) is 4.81. The summed E-state index contributed by atoms with van der Waals surface area (Å²) in [4.78, 5) is 13.0. The van der Waals surface area contributed by atoms with Crippen molar-refractivity contribution in [2.24, 2.45) is 0 Å². The van der Waals surface area contributed by atoms with Gasteiger partial charge in [-0.05, 0) is 23.4 Å². The first-order valence-corrected chi connectivity index (χ1v) is 7.80. The fourth-order valence-electron chi connectivity index (χ4n) is 2.23. The lowest BCUT2D eigenvalue weighted by Crippen LogP contribution is -2.20. The molecule has 0 aliphatic rings. The molecule has 1 aromatic carbocycles. The molecule has 0 radical (unpaired) electrons. The number of thiophene rings is 1. The van der Waals surface area contributed by atoms with Crippen molar-refractivity contribution in [2.75, 3.05) is 11.4 Å². The van der Waals surface area contributed by atoms with Crippen molar-refractivity contribution in [3.05, 3.63) is 64.5 Å². The number of nitrogens with one attached hydrogen (secondary N) is 1. The highest BCUT2D eigenvalue weighted by molar-refractivity contribution is 7.08. The van der Waals surface area contributed by atoms with E-state index >= 15 is 0 Å². The fourth-order valence-corrected chi connectivity index (χ4v) is 2.87. The number of aromatic nitrogens is 2. The van der Waals surface area contributed by atoms with Crippen LogP contribution in [0.3, 0.4) is 0 Å². The topological polar surface area (TPSA) is 69.2 Å². The Balaban J connectivity index is 1.82. The van der Waals surface area contributed by atoms with Crippen molar-refractivity contribution in [3.8, 4) is 0 Å². The van der Waals surface area contributed by atoms with E-state index in [1.807, 2.05) is 39.9 Å². The highest BCUT2D eigenvalue weighted by atomic mass is 32.1. The zero-order chi connectivity index (χ0) is 15.4. The molecule has 6 heteroatoms. The van der Waals surface area contributed by atoms with Crippen molar-refractivity contribution < 1.29 is 9.90 Å². The van der Waals surface area contributed by atoms with Gasteiger partial charge in [0.2, 0.25) is 0 Å². The van der Waals surface area contributed by atoms with Gasteiger partial charge in [-0.3, -0.25) is 5.10 Å². The average molecular weight is 313 g/mol. The van der Waals surface area contributed by atoms with Crippen LogP contribution >= 0.6 is 11.3 Å². The Kier molecular flexibility index (Phi) is 4.20. The SMILES string of the molecule is O=C(O)c1cc(N(CCc2ccccc2)c2ccsc2)n[nH]1. The Morgan fingerprint density at radius 1 is 1.27 bits per heavy atom. The molecule has 2 aromatic heterocycles. The molecular weight excluding hydrogens is 298 g/mol. The third-order valence-corrected chi connectivity index (χ3v) is 4.03. The molecule has 2 N–H and O–H groups in total. The molecule has 0 fully saturated rings. The van der Waals surface area contributed by atoms with E-state index in [9.17, 15) is 4.79 Å². The van der Waals surface area contributed by atoms with Crippen LogP contribution in [0.5, 0.6) is 0 Å². The number of carbonyl (C=O) groups is 1. The van der Waals surface area contributed by atoms with Gasteiger partial charge in [-0.25, -0.2) is 4.79 Å². The number of rotatable bonds is 6. The van der Waals surface area contributed by atoms with Crippen molar-refractivity contribution >= 4 is 28.8 Å². The fraction of sp³-hybridized carbons (Fsp3) is 0.125. The Morgan fingerprint density at radius 2 is 2.09 bits per heavy atom. The van der Waals surface area contributed by atoms with Crippen LogP contribution in [0.15, 0.2) is 53.2 Å². The number of aromatic amines is 1. The highest BCUT2D eigenvalue weighted by Gasteiger charge is 2.15. The molecular formula is C16H15N3O2S. The van der Waals surface area contributed by atoms with Crippen LogP contribution in [0.25, 0.3) is 0 Å². The maximum absolute atomic E-state index is 11.0. The number of hydrogen-bond donors (Lipinski definition) is 2. The molecule has 3 aromatic rings. The molecule has 5 nitrogen and oxygen atoms in total. The maximum Gasteiger partial charge on any atom is 0.353 e. The van der Waals surface area contributed by atoms with Crippen LogP contribution in [0.4, 0.5) is 11.5 Å². The van der Waals surface area contributed by atoms with Gasteiger partial charge in [0.1, 0.15) is 5.69 Å². The van der Waals surface area contributed by atoms with Gasteiger partial charge in [-0.1, -0.05) is 30.3 Å². The van der Waals surface area contributed by atoms with Gasteiger partial charge in [0.15, 0.2) is 5.82 Å². The lowest BCUT2D eigenvalue weighted by Gasteiger charge is -2.20. The smallest absolute Gasteiger partial charge is 0.353 e. The summed E-state index contributed by atoms with van der Waals surface area (Å²) >= 11 is 1.60. The second-order valence-corrected chi connectivity index (χ2v) is 5.59. The quantitative estimate of drug-likeness (QED) is 0.730. The van der Waals surface area contributed by atoms with Crippen molar-refractivity contribution in [1.29, 1.82) is 0 Å². The summed E-state index contributed by atoms with van der Waals surface area (Å²) in [7, 11) is 0. The van der Waals surface area contributed by atoms with Crippen LogP contribution < -0.4 is 4.90 Å². The molecule has 0 saturated heterocycles. The van der Waals surface area contributed by atoms with Gasteiger partial charge in [-0.2, -0.15) is 16.4 Å². The molecule has 3 rings (SSSR count). The Hall–Kier alpha value is -2.60. The number of anilines is 2. The molecule has 0 amide bonds. The third-order valence-electron chi connectivity index (χ3n) is 3.36. The molecule has 0 aliphatic heterocycles. The van der Waals surface area contributed by atoms with Crippen LogP contribution in [-0.4, -0.2) is 27.8 Å². The van der Waals surface area contributed by atoms with Crippen molar-refractivity contribution in [1.82, 2.24) is 10.2 Å². The summed E-state index contributed by atoms with van der Waals surface area (Å²) in [5.74, 6) is -0.390. The summed E-state index contributed by atoms with van der Waals surface area (Å²) in [5.41, 5.74) is 2.34. The maximum atomic E-state index is 11.0. The normalized spacial score (nSPS) is 10.5. The summed E-state index contributed by atoms with van der Waals surface area (Å²) in [6, 6.07) is 13.8. The van der Waals surface area contributed by atoms with E-state index in [1.165, 1.54) is 5.56 Å². The number of aromatic carboxylic acids is 1. The number of hydrogen-bond acceptors (Lipinski definition) is 4. The predicted octanol–water partition coefficient (Wildman–Crippen LogP) is 3.55. The van der Waals surface area contributed by atoms with E-state index in [-0.39, 0.29) is 5.69 Å². The lowest BCUT2D eigenvalue weighted by atomic mass is 10.1. The van der Waals surface area contributed by atoms with Gasteiger partial charge in [-0.15, -0.1) is 0 Å². The number of benzene rings is 1. The van der Waals surface area contributed by atoms with Gasteiger partial charge < -0.3 is 10.0 Å². The summed E-state index contributed by atoms with van der Waals surface area (Å²) in [6.45, 7) is 0.727. The molecule has 0 saturated carbocycles. The minimum absolute atomic E-state index is 0.0925. The molecule has 0 bridgehead atoms. The van der Waals surface area contributed by atoms with Crippen molar-refractivity contribution in [2.45, 2.75) is 6.42 Å². The van der Waals surface area contributed by atoms with E-state index < -0.39 is 5.97 Å². The van der Waals surface area contributed by atoms with Crippen LogP contribution in [0.2, 0.25) is 0 Å². The van der Waals surface area contributed by atoms with E-state index in [0.29, 0.717) is 5.82 Å². The van der Waals surface area contributed by atoms with Crippen LogP contribution in [0, 0.1) is 0 Å². The molecule has 22 heavy (non-hydrogen) atoms. The first-order valence-electron chi connectivity index (χ1n) is 6.86. The van der Waals surface area contributed by atoms with Gasteiger partial charge in [0.25, 0.3) is 0 Å². The highest BCUT2D eigenvalue weighted by Crippen LogP contribution is 2.26. The Morgan fingerprint density at radius 3 is 2.73 bits per heavy atom. The van der Waals surface area contributed by atoms with E-state index in [0.717, 1.165) is 18.7 Å². The second kappa shape index (κ2) is 6.44. The van der Waals surface area contributed by atoms with Gasteiger partial charge in [0, 0.05) is 18.0 Å². The predicted molar refractivity (Wildman–Crippen MR) is 87.0 cm³/mol. The molecule has 0 unspecified atom stereocenters. The largest absolute Gasteiger partial charge is 0.477 e. The third kappa shape index (κ3) is 3.17. The van der Waals surface area contributed by atoms with E-state index in [1.54, 1.807) is 17.4 Å². The first-order chi connectivity index (χ1) is 10.7. The molecule has 0 aliphatic carbocycles. The summed E-state index contributed by atoms with van der Waals surface area (Å²) in [6.07, 6.45) is 0.853. The Labute approximate surface area is 131 Å². The van der Waals surface area contributed by atoms with E-state index in [4.69, 9.17) is 5.11 Å². The van der Waals surface area contributed by atoms with E-state index in [2.05, 4.69) is 22.3 Å². The van der Waals surface area contributed by atoms with Crippen molar-refractivity contribution in [3.63, 3.8) is 0 Å². The first kappa shape index (κ1) is 14.3. The average Bonchev–Trinajstić information content (AvgIpc) is 3.20. The standard InChI is InChI=1S/C16H15N3O2S/c20-16(21)14-10-15(18-17-14)19(13-7-9-22-11-13)8-6-12-4-2-1-3-5-12/h1-5,7,9-11H,6,8H2,(H,17,18)(H,20,21). The minimum Gasteiger partial charge on any atom is -0.477 e. The monoisotopic (exact) mass is 313 g/mol. The molecule has 2 heterocycles.